The van der Waals surface area contributed by atoms with Crippen LogP contribution in [0.4, 0.5) is 0 Å². The van der Waals surface area contributed by atoms with Crippen LogP contribution in [-0.2, 0) is 27.3 Å². The summed E-state index contributed by atoms with van der Waals surface area (Å²) < 4.78 is 6.89. The number of ether oxygens (including phenoxy) is 1. The van der Waals surface area contributed by atoms with Crippen LogP contribution in [0.3, 0.4) is 0 Å². The van der Waals surface area contributed by atoms with Crippen molar-refractivity contribution in [3.8, 4) is 0 Å². The average molecular weight is 541 g/mol. The van der Waals surface area contributed by atoms with Crippen LogP contribution in [-0.4, -0.2) is 33.5 Å². The van der Waals surface area contributed by atoms with Gasteiger partial charge in [-0.2, -0.15) is 0 Å². The lowest BCUT2D eigenvalue weighted by Gasteiger charge is -2.43. The summed E-state index contributed by atoms with van der Waals surface area (Å²) in [5.74, 6) is -0.834. The molecule has 2 aliphatic rings. The molecule has 0 spiro atoms. The standard InChI is InChI=1S/C25H36INO4/c1-14-17-12-19(28)27(16-8-10-25(6,7)11-9-16)13-18(17)15(2)21(26)20(14)22(23(29)30)31-24(3,4)5/h16,22H,8-13H2,1-7H3,(H,29,30)/t22-/m0/s1. The van der Waals surface area contributed by atoms with Crippen molar-refractivity contribution in [2.24, 2.45) is 5.41 Å². The number of hydrogen-bond acceptors (Lipinski definition) is 3. The largest absolute Gasteiger partial charge is 0.479 e. The van der Waals surface area contributed by atoms with Crippen LogP contribution in [0.2, 0.25) is 0 Å². The highest BCUT2D eigenvalue weighted by molar-refractivity contribution is 14.1. The van der Waals surface area contributed by atoms with E-state index < -0.39 is 17.7 Å². The Morgan fingerprint density at radius 3 is 2.26 bits per heavy atom. The number of benzene rings is 1. The van der Waals surface area contributed by atoms with Crippen molar-refractivity contribution in [3.63, 3.8) is 0 Å². The number of aliphatic carboxylic acids is 1. The molecular weight excluding hydrogens is 505 g/mol. The third kappa shape index (κ3) is 5.10. The van der Waals surface area contributed by atoms with Crippen LogP contribution >= 0.6 is 22.6 Å². The first-order valence-electron chi connectivity index (χ1n) is 11.2. The minimum Gasteiger partial charge on any atom is -0.479 e. The monoisotopic (exact) mass is 541 g/mol. The van der Waals surface area contributed by atoms with E-state index in [1.54, 1.807) is 0 Å². The van der Waals surface area contributed by atoms with Crippen molar-refractivity contribution in [3.05, 3.63) is 31.4 Å². The van der Waals surface area contributed by atoms with Gasteiger partial charge in [-0.15, -0.1) is 0 Å². The smallest absolute Gasteiger partial charge is 0.337 e. The molecule has 0 unspecified atom stereocenters. The number of amides is 1. The molecule has 31 heavy (non-hydrogen) atoms. The number of nitrogens with zero attached hydrogens (tertiary/aromatic N) is 1. The summed E-state index contributed by atoms with van der Waals surface area (Å²) in [6.45, 7) is 14.8. The summed E-state index contributed by atoms with van der Waals surface area (Å²) in [6.07, 6.45) is 3.70. The van der Waals surface area contributed by atoms with Crippen molar-refractivity contribution in [2.75, 3.05) is 0 Å². The Morgan fingerprint density at radius 1 is 1.16 bits per heavy atom. The van der Waals surface area contributed by atoms with Gasteiger partial charge in [0, 0.05) is 21.7 Å². The second-order valence-electron chi connectivity index (χ2n) is 11.0. The van der Waals surface area contributed by atoms with E-state index in [2.05, 4.69) is 48.3 Å². The SMILES string of the molecule is Cc1c(I)c([C@H](OC(C)(C)C)C(=O)O)c(C)c2c1CN(C1CCC(C)(C)CC1)C(=O)C2. The van der Waals surface area contributed by atoms with Crippen molar-refractivity contribution in [2.45, 2.75) is 105 Å². The second-order valence-corrected chi connectivity index (χ2v) is 12.1. The van der Waals surface area contributed by atoms with Gasteiger partial charge in [0.25, 0.3) is 0 Å². The van der Waals surface area contributed by atoms with E-state index in [1.165, 1.54) is 5.56 Å². The predicted octanol–water partition coefficient (Wildman–Crippen LogP) is 5.70. The number of carbonyl (C=O) groups excluding carboxylic acids is 1. The van der Waals surface area contributed by atoms with Gasteiger partial charge in [-0.25, -0.2) is 4.79 Å². The maximum absolute atomic E-state index is 13.2. The third-order valence-corrected chi connectivity index (χ3v) is 8.31. The molecule has 172 valence electrons. The number of fused-ring (bicyclic) bond motifs is 1. The minimum absolute atomic E-state index is 0.162. The second kappa shape index (κ2) is 8.65. The molecule has 1 aliphatic heterocycles. The van der Waals surface area contributed by atoms with Gasteiger partial charge < -0.3 is 14.7 Å². The van der Waals surface area contributed by atoms with Crippen molar-refractivity contribution >= 4 is 34.5 Å². The molecule has 5 nitrogen and oxygen atoms in total. The normalized spacial score (nSPS) is 20.5. The fourth-order valence-corrected chi connectivity index (χ4v) is 6.02. The molecule has 1 N–H and O–H groups in total. The van der Waals surface area contributed by atoms with E-state index in [4.69, 9.17) is 4.74 Å². The molecule has 1 saturated carbocycles. The van der Waals surface area contributed by atoms with Gasteiger partial charge in [-0.3, -0.25) is 4.79 Å². The number of rotatable bonds is 4. The van der Waals surface area contributed by atoms with E-state index in [-0.39, 0.29) is 5.91 Å². The zero-order valence-electron chi connectivity index (χ0n) is 19.9. The maximum atomic E-state index is 13.2. The van der Waals surface area contributed by atoms with Crippen molar-refractivity contribution in [1.82, 2.24) is 4.90 Å². The first kappa shape index (κ1) is 24.5. The van der Waals surface area contributed by atoms with E-state index >= 15 is 0 Å². The minimum atomic E-state index is -1.05. The molecule has 0 saturated heterocycles. The van der Waals surface area contributed by atoms with E-state index in [0.29, 0.717) is 30.0 Å². The lowest BCUT2D eigenvalue weighted by molar-refractivity contribution is -0.160. The topological polar surface area (TPSA) is 66.8 Å². The number of carboxylic acid groups (broad SMARTS) is 1. The number of carboxylic acids is 1. The fraction of sp³-hybridized carbons (Fsp3) is 0.680. The number of hydrogen-bond donors (Lipinski definition) is 1. The quantitative estimate of drug-likeness (QED) is 0.497. The zero-order valence-corrected chi connectivity index (χ0v) is 22.1. The third-order valence-electron chi connectivity index (χ3n) is 6.92. The van der Waals surface area contributed by atoms with Crippen LogP contribution in [0.25, 0.3) is 0 Å². The molecule has 1 aliphatic carbocycles. The van der Waals surface area contributed by atoms with Gasteiger partial charge in [-0.1, -0.05) is 13.8 Å². The van der Waals surface area contributed by atoms with Crippen molar-refractivity contribution in [1.29, 1.82) is 0 Å². The molecule has 3 rings (SSSR count). The molecule has 1 heterocycles. The first-order valence-corrected chi connectivity index (χ1v) is 12.3. The van der Waals surface area contributed by atoms with Crippen molar-refractivity contribution < 1.29 is 19.4 Å². The van der Waals surface area contributed by atoms with Gasteiger partial charge in [0.2, 0.25) is 5.91 Å². The molecule has 0 radical (unpaired) electrons. The van der Waals surface area contributed by atoms with Gasteiger partial charge in [0.15, 0.2) is 6.10 Å². The van der Waals surface area contributed by atoms with Crippen LogP contribution in [0.15, 0.2) is 0 Å². The van der Waals surface area contributed by atoms with Gasteiger partial charge in [-0.05, 0) is 111 Å². The molecular formula is C25H36INO4. The van der Waals surface area contributed by atoms with E-state index in [0.717, 1.165) is 45.9 Å². The Balaban J connectivity index is 1.99. The first-order chi connectivity index (χ1) is 14.2. The van der Waals surface area contributed by atoms with Crippen LogP contribution in [0.5, 0.6) is 0 Å². The van der Waals surface area contributed by atoms with Gasteiger partial charge >= 0.3 is 5.97 Å². The van der Waals surface area contributed by atoms with Crippen LogP contribution < -0.4 is 0 Å². The van der Waals surface area contributed by atoms with E-state index in [9.17, 15) is 14.7 Å². The molecule has 1 atom stereocenters. The Bertz CT molecular complexity index is 890. The number of carbonyl (C=O) groups is 2. The Morgan fingerprint density at radius 2 is 1.74 bits per heavy atom. The Hall–Kier alpha value is -1.15. The lowest BCUT2D eigenvalue weighted by atomic mass is 9.74. The van der Waals surface area contributed by atoms with Crippen LogP contribution in [0.1, 0.15) is 94.2 Å². The molecule has 1 fully saturated rings. The van der Waals surface area contributed by atoms with E-state index in [1.807, 2.05) is 27.7 Å². The Kier molecular flexibility index (Phi) is 6.84. The highest BCUT2D eigenvalue weighted by Crippen LogP contribution is 2.41. The van der Waals surface area contributed by atoms with Gasteiger partial charge in [0.05, 0.1) is 12.0 Å². The predicted molar refractivity (Wildman–Crippen MR) is 130 cm³/mol. The summed E-state index contributed by atoms with van der Waals surface area (Å²) in [5.41, 5.74) is 4.61. The summed E-state index contributed by atoms with van der Waals surface area (Å²) >= 11 is 2.26. The molecule has 0 aromatic heterocycles. The maximum Gasteiger partial charge on any atom is 0.337 e. The number of halogens is 1. The zero-order chi connectivity index (χ0) is 23.3. The summed E-state index contributed by atoms with van der Waals surface area (Å²) in [7, 11) is 0. The Labute approximate surface area is 200 Å². The molecule has 1 aromatic rings. The summed E-state index contributed by atoms with van der Waals surface area (Å²) in [5, 5.41) is 9.94. The summed E-state index contributed by atoms with van der Waals surface area (Å²) in [6, 6.07) is 0.307. The molecule has 1 amide bonds. The lowest BCUT2D eigenvalue weighted by Crippen LogP contribution is -2.46. The highest BCUT2D eigenvalue weighted by Gasteiger charge is 2.38. The highest BCUT2D eigenvalue weighted by atomic mass is 127. The average Bonchev–Trinajstić information content (AvgIpc) is 2.64. The molecule has 6 heteroatoms. The van der Waals surface area contributed by atoms with Gasteiger partial charge in [0.1, 0.15) is 0 Å². The fourth-order valence-electron chi connectivity index (χ4n) is 5.01. The van der Waals surface area contributed by atoms with Crippen LogP contribution in [0, 0.1) is 22.8 Å². The summed E-state index contributed by atoms with van der Waals surface area (Å²) in [4.78, 5) is 27.4. The molecule has 0 bridgehead atoms. The molecule has 1 aromatic carbocycles.